The molecule has 0 unspecified atom stereocenters. The molecule has 33 heavy (non-hydrogen) atoms. The van der Waals surface area contributed by atoms with Crippen molar-refractivity contribution < 1.29 is 9.53 Å². The summed E-state index contributed by atoms with van der Waals surface area (Å²) in [6.07, 6.45) is 3.04. The quantitative estimate of drug-likeness (QED) is 0.322. The number of anilines is 1. The molecule has 0 fully saturated rings. The lowest BCUT2D eigenvalue weighted by Gasteiger charge is -2.35. The number of carbonyl (C=O) groups is 1. The Balaban J connectivity index is 1.76. The smallest absolute Gasteiger partial charge is 0.215 e. The number of nitrogens with zero attached hydrogens (tertiary/aromatic N) is 1. The molecule has 5 rings (SSSR count). The second-order valence-electron chi connectivity index (χ2n) is 9.78. The zero-order valence-electron chi connectivity index (χ0n) is 19.4. The van der Waals surface area contributed by atoms with Crippen molar-refractivity contribution in [1.82, 2.24) is 4.98 Å². The Hall–Kier alpha value is -2.70. The van der Waals surface area contributed by atoms with E-state index in [4.69, 9.17) is 15.5 Å². The zero-order chi connectivity index (χ0) is 23.3. The maximum absolute atomic E-state index is 13.2. The van der Waals surface area contributed by atoms with Gasteiger partial charge >= 0.3 is 0 Å². The van der Waals surface area contributed by atoms with Crippen molar-refractivity contribution in [2.24, 2.45) is 11.3 Å². The number of methoxy groups -OCH3 is 1. The molecule has 6 heteroatoms. The highest BCUT2D eigenvalue weighted by atomic mass is 32.1. The van der Waals surface area contributed by atoms with Crippen molar-refractivity contribution in [3.05, 3.63) is 62.8 Å². The zero-order valence-corrected chi connectivity index (χ0v) is 21.0. The summed E-state index contributed by atoms with van der Waals surface area (Å²) in [6.45, 7) is 6.95. The second kappa shape index (κ2) is 8.26. The van der Waals surface area contributed by atoms with Crippen molar-refractivity contribution in [3.63, 3.8) is 0 Å². The summed E-state index contributed by atoms with van der Waals surface area (Å²) in [5.74, 6) is 1.36. The fourth-order valence-corrected chi connectivity index (χ4v) is 6.64. The molecule has 0 bridgehead atoms. The number of hydrogen-bond donors (Lipinski definition) is 1. The molecule has 0 aliphatic heterocycles. The maximum atomic E-state index is 13.2. The highest BCUT2D eigenvalue weighted by molar-refractivity contribution is 7.22. The molecule has 1 aliphatic carbocycles. The summed E-state index contributed by atoms with van der Waals surface area (Å²) in [4.78, 5) is 20.4. The first-order valence-corrected chi connectivity index (χ1v) is 12.9. The third-order valence-corrected chi connectivity index (χ3v) is 8.76. The molecule has 1 aromatic carbocycles. The van der Waals surface area contributed by atoms with Gasteiger partial charge in [-0.3, -0.25) is 4.79 Å². The largest absolute Gasteiger partial charge is 0.497 e. The van der Waals surface area contributed by atoms with Crippen LogP contribution in [0.25, 0.3) is 21.3 Å². The number of fused-ring (bicyclic) bond motifs is 2. The van der Waals surface area contributed by atoms with Gasteiger partial charge in [0.2, 0.25) is 5.78 Å². The van der Waals surface area contributed by atoms with Gasteiger partial charge in [-0.15, -0.1) is 22.7 Å². The molecule has 3 heterocycles. The number of ketones is 1. The lowest BCUT2D eigenvalue weighted by molar-refractivity contribution is 0.104. The van der Waals surface area contributed by atoms with Gasteiger partial charge in [0.1, 0.15) is 15.5 Å². The summed E-state index contributed by atoms with van der Waals surface area (Å²) in [7, 11) is 1.68. The number of aryl methyl sites for hydroxylation is 1. The number of hydrogen-bond acceptors (Lipinski definition) is 6. The van der Waals surface area contributed by atoms with Crippen molar-refractivity contribution in [1.29, 1.82) is 0 Å². The minimum absolute atomic E-state index is 0.0169. The van der Waals surface area contributed by atoms with E-state index < -0.39 is 0 Å². The van der Waals surface area contributed by atoms with Crippen LogP contribution in [0.5, 0.6) is 5.75 Å². The van der Waals surface area contributed by atoms with Crippen LogP contribution in [0.2, 0.25) is 0 Å². The average molecular weight is 477 g/mol. The molecule has 1 atom stereocenters. The Bertz CT molecular complexity index is 1330. The number of aromatic nitrogens is 1. The second-order valence-corrected chi connectivity index (χ2v) is 11.7. The summed E-state index contributed by atoms with van der Waals surface area (Å²) >= 11 is 2.87. The fraction of sp³-hybridized carbons (Fsp3) is 0.333. The number of benzene rings is 1. The average Bonchev–Trinajstić information content (AvgIpc) is 3.45. The van der Waals surface area contributed by atoms with Crippen LogP contribution in [0.1, 0.15) is 53.0 Å². The molecule has 0 radical (unpaired) electrons. The van der Waals surface area contributed by atoms with E-state index >= 15 is 0 Å². The van der Waals surface area contributed by atoms with Crippen molar-refractivity contribution in [2.45, 2.75) is 40.0 Å². The molecule has 0 amide bonds. The molecular weight excluding hydrogens is 448 g/mol. The standard InChI is InChI=1S/C27H28N2O2S2/c1-27(2,3)16-9-12-19-18(14-16)21(15-7-10-17(31-4)11-8-15)22-23(28)25(33-26(22)29-19)24(30)20-6-5-13-32-20/h5-8,10-11,13,16H,9,12,14,28H2,1-4H3/t16-/m1/s1. The minimum atomic E-state index is -0.0169. The maximum Gasteiger partial charge on any atom is 0.215 e. The highest BCUT2D eigenvalue weighted by Gasteiger charge is 2.33. The van der Waals surface area contributed by atoms with Gasteiger partial charge in [-0.1, -0.05) is 39.0 Å². The first kappa shape index (κ1) is 22.1. The van der Waals surface area contributed by atoms with E-state index in [0.29, 0.717) is 21.4 Å². The lowest BCUT2D eigenvalue weighted by Crippen LogP contribution is -2.27. The molecule has 2 N–H and O–H groups in total. The molecule has 0 saturated carbocycles. The van der Waals surface area contributed by atoms with Crippen LogP contribution in [0.15, 0.2) is 41.8 Å². The van der Waals surface area contributed by atoms with Crippen LogP contribution in [-0.4, -0.2) is 17.9 Å². The molecule has 0 saturated heterocycles. The van der Waals surface area contributed by atoms with Crippen molar-refractivity contribution >= 4 is 44.4 Å². The Morgan fingerprint density at radius 3 is 2.58 bits per heavy atom. The van der Waals surface area contributed by atoms with Gasteiger partial charge in [-0.2, -0.15) is 0 Å². The van der Waals surface area contributed by atoms with Gasteiger partial charge in [-0.25, -0.2) is 4.98 Å². The van der Waals surface area contributed by atoms with Crippen molar-refractivity contribution in [3.8, 4) is 16.9 Å². The third kappa shape index (κ3) is 3.85. The minimum Gasteiger partial charge on any atom is -0.497 e. The summed E-state index contributed by atoms with van der Waals surface area (Å²) in [5.41, 5.74) is 12.1. The Kier molecular flexibility index (Phi) is 5.53. The van der Waals surface area contributed by atoms with Gasteiger partial charge in [-0.05, 0) is 70.9 Å². The van der Waals surface area contributed by atoms with Gasteiger partial charge < -0.3 is 10.5 Å². The number of carbonyl (C=O) groups excluding carboxylic acids is 1. The van der Waals surface area contributed by atoms with E-state index in [1.54, 1.807) is 7.11 Å². The normalized spacial score (nSPS) is 16.1. The Morgan fingerprint density at radius 2 is 1.94 bits per heavy atom. The van der Waals surface area contributed by atoms with Crippen LogP contribution >= 0.6 is 22.7 Å². The van der Waals surface area contributed by atoms with Gasteiger partial charge in [0.25, 0.3) is 0 Å². The van der Waals surface area contributed by atoms with Crippen molar-refractivity contribution in [2.75, 3.05) is 12.8 Å². The number of nitrogen functional groups attached to an aromatic ring is 1. The van der Waals surface area contributed by atoms with Crippen LogP contribution in [-0.2, 0) is 12.8 Å². The number of nitrogens with two attached hydrogens (primary N) is 1. The number of pyridine rings is 1. The van der Waals surface area contributed by atoms with E-state index in [9.17, 15) is 4.79 Å². The van der Waals surface area contributed by atoms with Crippen LogP contribution in [0.3, 0.4) is 0 Å². The Labute approximate surface area is 202 Å². The van der Waals surface area contributed by atoms with Crippen LogP contribution < -0.4 is 10.5 Å². The van der Waals surface area contributed by atoms with Gasteiger partial charge in [0.15, 0.2) is 0 Å². The Morgan fingerprint density at radius 1 is 1.18 bits per heavy atom. The predicted molar refractivity (Wildman–Crippen MR) is 139 cm³/mol. The molecule has 1 aliphatic rings. The third-order valence-electron chi connectivity index (χ3n) is 6.80. The number of thiophene rings is 2. The molecule has 3 aromatic heterocycles. The first-order valence-electron chi connectivity index (χ1n) is 11.2. The molecular formula is C27H28N2O2S2. The number of ether oxygens (including phenoxy) is 1. The summed E-state index contributed by atoms with van der Waals surface area (Å²) in [6, 6.07) is 11.9. The lowest BCUT2D eigenvalue weighted by atomic mass is 9.70. The van der Waals surface area contributed by atoms with E-state index in [2.05, 4.69) is 32.9 Å². The molecule has 4 nitrogen and oxygen atoms in total. The SMILES string of the molecule is COc1ccc(-c2c3c(nc4sc(C(=O)c5cccs5)c(N)c24)CC[C@@H](C(C)(C)C)C3)cc1. The molecule has 0 spiro atoms. The topological polar surface area (TPSA) is 65.2 Å². The van der Waals surface area contributed by atoms with Crippen LogP contribution in [0.4, 0.5) is 5.69 Å². The molecule has 170 valence electrons. The van der Waals surface area contributed by atoms with E-state index in [1.807, 2.05) is 29.6 Å². The summed E-state index contributed by atoms with van der Waals surface area (Å²) in [5, 5.41) is 2.83. The first-order chi connectivity index (χ1) is 15.8. The van der Waals surface area contributed by atoms with E-state index in [0.717, 1.165) is 52.0 Å². The van der Waals surface area contributed by atoms with Gasteiger partial charge in [0.05, 0.1) is 17.7 Å². The van der Waals surface area contributed by atoms with E-state index in [-0.39, 0.29) is 11.2 Å². The monoisotopic (exact) mass is 476 g/mol. The highest BCUT2D eigenvalue weighted by Crippen LogP contribution is 2.47. The van der Waals surface area contributed by atoms with E-state index in [1.165, 1.54) is 28.2 Å². The molecule has 4 aromatic rings. The van der Waals surface area contributed by atoms with Crippen LogP contribution in [0, 0.1) is 11.3 Å². The predicted octanol–water partition coefficient (Wildman–Crippen LogP) is 7.00. The fourth-order valence-electron chi connectivity index (χ4n) is 4.83. The van der Waals surface area contributed by atoms with Gasteiger partial charge in [0, 0.05) is 11.1 Å². The number of rotatable bonds is 4. The summed E-state index contributed by atoms with van der Waals surface area (Å²) < 4.78 is 5.39.